The molecule has 3 heteroatoms. The fourth-order valence-corrected chi connectivity index (χ4v) is 5.17. The normalized spacial score (nSPS) is 35.4. The fourth-order valence-electron chi connectivity index (χ4n) is 5.17. The lowest BCUT2D eigenvalue weighted by Crippen LogP contribution is -2.32. The van der Waals surface area contributed by atoms with Gasteiger partial charge < -0.3 is 4.79 Å². The quantitative estimate of drug-likeness (QED) is 0.362. The SMILES string of the molecule is CC1=C(C)C2(C)C(/C=N/N[C@H](C=O)Cc3ccccc3)CC1(C)C2C. The summed E-state index contributed by atoms with van der Waals surface area (Å²) in [7, 11) is 0. The molecule has 0 aromatic heterocycles. The van der Waals surface area contributed by atoms with Crippen LogP contribution < -0.4 is 5.43 Å². The van der Waals surface area contributed by atoms with Gasteiger partial charge in [-0.15, -0.1) is 0 Å². The number of hydrogen-bond acceptors (Lipinski definition) is 3. The minimum atomic E-state index is -0.281. The number of allylic oxidation sites excluding steroid dienone is 2. The molecular formula is C22H30N2O. The van der Waals surface area contributed by atoms with Gasteiger partial charge in [0.15, 0.2) is 0 Å². The Morgan fingerprint density at radius 3 is 2.48 bits per heavy atom. The van der Waals surface area contributed by atoms with Crippen molar-refractivity contribution in [2.24, 2.45) is 27.8 Å². The van der Waals surface area contributed by atoms with E-state index in [4.69, 9.17) is 0 Å². The van der Waals surface area contributed by atoms with Gasteiger partial charge in [0.05, 0.1) is 0 Å². The van der Waals surface area contributed by atoms with Crippen molar-refractivity contribution in [1.29, 1.82) is 0 Å². The summed E-state index contributed by atoms with van der Waals surface area (Å²) in [5, 5.41) is 4.48. The fraction of sp³-hybridized carbons (Fsp3) is 0.545. The third-order valence-corrected chi connectivity index (χ3v) is 7.45. The van der Waals surface area contributed by atoms with Crippen LogP contribution in [0.1, 0.15) is 46.6 Å². The first-order valence-corrected chi connectivity index (χ1v) is 9.30. The second-order valence-corrected chi connectivity index (χ2v) is 8.32. The summed E-state index contributed by atoms with van der Waals surface area (Å²) >= 11 is 0. The zero-order valence-electron chi connectivity index (χ0n) is 16.0. The molecule has 3 nitrogen and oxygen atoms in total. The number of nitrogens with zero attached hydrogens (tertiary/aromatic N) is 1. The molecule has 1 aromatic carbocycles. The van der Waals surface area contributed by atoms with Gasteiger partial charge in [-0.2, -0.15) is 5.10 Å². The molecule has 2 aliphatic carbocycles. The summed E-state index contributed by atoms with van der Waals surface area (Å²) in [6, 6.07) is 9.78. The van der Waals surface area contributed by atoms with E-state index < -0.39 is 0 Å². The molecule has 25 heavy (non-hydrogen) atoms. The predicted molar refractivity (Wildman–Crippen MR) is 103 cm³/mol. The van der Waals surface area contributed by atoms with E-state index in [0.717, 1.165) is 18.3 Å². The number of carbonyl (C=O) groups is 1. The summed E-state index contributed by atoms with van der Waals surface area (Å²) in [5.41, 5.74) is 7.76. The predicted octanol–water partition coefficient (Wildman–Crippen LogP) is 4.39. The van der Waals surface area contributed by atoms with Crippen LogP contribution in [0.3, 0.4) is 0 Å². The molecule has 2 aliphatic rings. The Balaban J connectivity index is 1.68. The summed E-state index contributed by atoms with van der Waals surface area (Å²) < 4.78 is 0. The molecule has 0 heterocycles. The molecule has 0 radical (unpaired) electrons. The first-order chi connectivity index (χ1) is 11.8. The van der Waals surface area contributed by atoms with Gasteiger partial charge >= 0.3 is 0 Å². The molecule has 1 saturated carbocycles. The van der Waals surface area contributed by atoms with Gasteiger partial charge in [-0.25, -0.2) is 0 Å². The van der Waals surface area contributed by atoms with E-state index in [1.54, 1.807) is 5.57 Å². The van der Waals surface area contributed by atoms with Crippen LogP contribution in [-0.4, -0.2) is 18.5 Å². The molecule has 1 aromatic rings. The van der Waals surface area contributed by atoms with Crippen molar-refractivity contribution < 1.29 is 4.79 Å². The van der Waals surface area contributed by atoms with Crippen molar-refractivity contribution >= 4 is 12.5 Å². The van der Waals surface area contributed by atoms with Gasteiger partial charge in [0.1, 0.15) is 12.3 Å². The number of benzene rings is 1. The Labute approximate surface area is 151 Å². The van der Waals surface area contributed by atoms with Crippen molar-refractivity contribution in [3.63, 3.8) is 0 Å². The van der Waals surface area contributed by atoms with Crippen molar-refractivity contribution in [3.8, 4) is 0 Å². The average molecular weight is 338 g/mol. The number of rotatable bonds is 6. The molecule has 3 rings (SSSR count). The van der Waals surface area contributed by atoms with Gasteiger partial charge in [-0.1, -0.05) is 62.2 Å². The highest BCUT2D eigenvalue weighted by Crippen LogP contribution is 2.69. The lowest BCUT2D eigenvalue weighted by molar-refractivity contribution is -0.109. The van der Waals surface area contributed by atoms with Crippen molar-refractivity contribution in [3.05, 3.63) is 47.0 Å². The molecular weight excluding hydrogens is 308 g/mol. The van der Waals surface area contributed by atoms with Crippen molar-refractivity contribution in [1.82, 2.24) is 5.43 Å². The molecule has 0 saturated heterocycles. The Morgan fingerprint density at radius 1 is 1.24 bits per heavy atom. The van der Waals surface area contributed by atoms with Crippen LogP contribution in [-0.2, 0) is 11.2 Å². The van der Waals surface area contributed by atoms with E-state index in [1.165, 1.54) is 5.57 Å². The molecule has 4 unspecified atom stereocenters. The first kappa shape index (κ1) is 17.9. The Bertz CT molecular complexity index is 708. The van der Waals surface area contributed by atoms with E-state index in [1.807, 2.05) is 30.3 Å². The van der Waals surface area contributed by atoms with Gasteiger partial charge in [-0.3, -0.25) is 5.43 Å². The molecule has 5 atom stereocenters. The minimum absolute atomic E-state index is 0.181. The van der Waals surface area contributed by atoms with E-state index in [0.29, 0.717) is 18.3 Å². The number of aldehydes is 1. The topological polar surface area (TPSA) is 41.5 Å². The number of carbonyl (C=O) groups excluding carboxylic acids is 1. The lowest BCUT2D eigenvalue weighted by Gasteiger charge is -2.33. The maximum absolute atomic E-state index is 11.4. The number of hydrogen-bond donors (Lipinski definition) is 1. The second-order valence-electron chi connectivity index (χ2n) is 8.32. The highest BCUT2D eigenvalue weighted by atomic mass is 16.1. The van der Waals surface area contributed by atoms with Gasteiger partial charge in [-0.05, 0) is 42.6 Å². The van der Waals surface area contributed by atoms with E-state index in [9.17, 15) is 4.79 Å². The zero-order valence-corrected chi connectivity index (χ0v) is 16.0. The second kappa shape index (κ2) is 6.44. The van der Waals surface area contributed by atoms with Crippen molar-refractivity contribution in [2.45, 2.75) is 53.5 Å². The van der Waals surface area contributed by atoms with Crippen LogP contribution in [0, 0.1) is 22.7 Å². The average Bonchev–Trinajstić information content (AvgIpc) is 2.89. The Morgan fingerprint density at radius 2 is 1.92 bits per heavy atom. The minimum Gasteiger partial charge on any atom is -0.301 e. The van der Waals surface area contributed by atoms with Crippen LogP contribution in [0.2, 0.25) is 0 Å². The van der Waals surface area contributed by atoms with Crippen LogP contribution in [0.15, 0.2) is 46.6 Å². The number of fused-ring (bicyclic) bond motifs is 2. The summed E-state index contributed by atoms with van der Waals surface area (Å²) in [6.45, 7) is 11.7. The van der Waals surface area contributed by atoms with Gasteiger partial charge in [0.25, 0.3) is 0 Å². The molecule has 2 bridgehead atoms. The van der Waals surface area contributed by atoms with Crippen LogP contribution in [0.25, 0.3) is 0 Å². The largest absolute Gasteiger partial charge is 0.301 e. The smallest absolute Gasteiger partial charge is 0.144 e. The molecule has 1 fully saturated rings. The highest BCUT2D eigenvalue weighted by molar-refractivity contribution is 5.67. The van der Waals surface area contributed by atoms with Crippen LogP contribution in [0.5, 0.6) is 0 Å². The van der Waals surface area contributed by atoms with Crippen LogP contribution in [0.4, 0.5) is 0 Å². The molecule has 134 valence electrons. The van der Waals surface area contributed by atoms with Crippen LogP contribution >= 0.6 is 0 Å². The maximum atomic E-state index is 11.4. The summed E-state index contributed by atoms with van der Waals surface area (Å²) in [5.74, 6) is 1.05. The molecule has 0 aliphatic heterocycles. The standard InChI is InChI=1S/C22H30N2O/c1-15-16(2)22(5)17(3)21(15,4)12-19(22)13-23-24-20(14-25)11-18-9-7-6-8-10-18/h6-10,13-14,17,19-20,24H,11-12H2,1-5H3/b23-13+/t17?,19?,20-,21?,22?/m0/s1. The zero-order chi connectivity index (χ0) is 18.2. The number of hydrazone groups is 1. The third-order valence-electron chi connectivity index (χ3n) is 7.45. The van der Waals surface area contributed by atoms with E-state index in [2.05, 4.69) is 51.4 Å². The molecule has 0 spiro atoms. The summed E-state index contributed by atoms with van der Waals surface area (Å²) in [4.78, 5) is 11.4. The third kappa shape index (κ3) is 2.74. The Hall–Kier alpha value is -1.90. The van der Waals surface area contributed by atoms with Gasteiger partial charge in [0, 0.05) is 18.6 Å². The lowest BCUT2D eigenvalue weighted by atomic mass is 9.71. The monoisotopic (exact) mass is 338 g/mol. The molecule has 0 amide bonds. The highest BCUT2D eigenvalue weighted by Gasteiger charge is 2.61. The maximum Gasteiger partial charge on any atom is 0.144 e. The summed E-state index contributed by atoms with van der Waals surface area (Å²) in [6.07, 6.45) is 4.81. The van der Waals surface area contributed by atoms with E-state index in [-0.39, 0.29) is 16.9 Å². The van der Waals surface area contributed by atoms with Gasteiger partial charge in [0.2, 0.25) is 0 Å². The Kier molecular flexibility index (Phi) is 4.61. The first-order valence-electron chi connectivity index (χ1n) is 9.30. The molecule has 1 N–H and O–H groups in total. The number of nitrogens with one attached hydrogen (secondary N) is 1. The van der Waals surface area contributed by atoms with Crippen molar-refractivity contribution in [2.75, 3.05) is 0 Å². The van der Waals surface area contributed by atoms with E-state index >= 15 is 0 Å².